The van der Waals surface area contributed by atoms with Gasteiger partial charge in [-0.1, -0.05) is 12.1 Å². The number of hydrogen-bond donors (Lipinski definition) is 2. The molecule has 94 valence electrons. The van der Waals surface area contributed by atoms with Crippen molar-refractivity contribution in [3.05, 3.63) is 34.1 Å². The van der Waals surface area contributed by atoms with Crippen molar-refractivity contribution in [1.29, 1.82) is 0 Å². The van der Waals surface area contributed by atoms with Gasteiger partial charge in [0.15, 0.2) is 0 Å². The topological polar surface area (TPSA) is 24.1 Å². The lowest BCUT2D eigenvalue weighted by Gasteiger charge is -2.07. The molecule has 0 amide bonds. The molecule has 0 heterocycles. The summed E-state index contributed by atoms with van der Waals surface area (Å²) in [6.07, 6.45) is 3.75. The van der Waals surface area contributed by atoms with Crippen LogP contribution in [0.2, 0.25) is 0 Å². The van der Waals surface area contributed by atoms with E-state index in [4.69, 9.17) is 0 Å². The van der Waals surface area contributed by atoms with Crippen LogP contribution in [0.4, 0.5) is 4.39 Å². The highest BCUT2D eigenvalue weighted by Crippen LogP contribution is 2.19. The second-order valence-electron chi connectivity index (χ2n) is 4.47. The van der Waals surface area contributed by atoms with Crippen LogP contribution in [0, 0.1) is 5.82 Å². The SMILES string of the molecule is Fc1c(Br)cccc1CNCCCNC1CC1. The van der Waals surface area contributed by atoms with E-state index in [1.54, 1.807) is 6.07 Å². The molecular weight excluding hydrogens is 283 g/mol. The highest BCUT2D eigenvalue weighted by molar-refractivity contribution is 9.10. The van der Waals surface area contributed by atoms with Gasteiger partial charge in [-0.3, -0.25) is 0 Å². The maximum absolute atomic E-state index is 13.6. The molecule has 0 atom stereocenters. The van der Waals surface area contributed by atoms with Crippen molar-refractivity contribution in [3.63, 3.8) is 0 Å². The zero-order valence-electron chi connectivity index (χ0n) is 9.81. The minimum Gasteiger partial charge on any atom is -0.314 e. The average molecular weight is 301 g/mol. The third kappa shape index (κ3) is 4.37. The second kappa shape index (κ2) is 6.47. The van der Waals surface area contributed by atoms with Gasteiger partial charge < -0.3 is 10.6 Å². The Hall–Kier alpha value is -0.450. The highest BCUT2D eigenvalue weighted by atomic mass is 79.9. The highest BCUT2D eigenvalue weighted by Gasteiger charge is 2.19. The van der Waals surface area contributed by atoms with Crippen molar-refractivity contribution in [2.45, 2.75) is 31.8 Å². The summed E-state index contributed by atoms with van der Waals surface area (Å²) in [6.45, 7) is 2.57. The quantitative estimate of drug-likeness (QED) is 0.757. The Morgan fingerprint density at radius 2 is 2.12 bits per heavy atom. The first kappa shape index (κ1) is 13.0. The summed E-state index contributed by atoms with van der Waals surface area (Å²) in [5.41, 5.74) is 0.717. The normalized spacial score (nSPS) is 15.2. The molecule has 2 nitrogen and oxygen atoms in total. The van der Waals surface area contributed by atoms with E-state index in [0.29, 0.717) is 11.0 Å². The molecule has 0 saturated heterocycles. The van der Waals surface area contributed by atoms with Crippen molar-refractivity contribution in [1.82, 2.24) is 10.6 Å². The summed E-state index contributed by atoms with van der Waals surface area (Å²) >= 11 is 3.19. The Bertz CT molecular complexity index is 366. The van der Waals surface area contributed by atoms with Crippen molar-refractivity contribution in [2.24, 2.45) is 0 Å². The first-order chi connectivity index (χ1) is 8.27. The fraction of sp³-hybridized carbons (Fsp3) is 0.538. The number of benzene rings is 1. The van der Waals surface area contributed by atoms with Crippen LogP contribution in [0.3, 0.4) is 0 Å². The van der Waals surface area contributed by atoms with Gasteiger partial charge >= 0.3 is 0 Å². The van der Waals surface area contributed by atoms with Gasteiger partial charge in [-0.25, -0.2) is 4.39 Å². The van der Waals surface area contributed by atoms with Crippen LogP contribution in [0.1, 0.15) is 24.8 Å². The van der Waals surface area contributed by atoms with E-state index in [2.05, 4.69) is 26.6 Å². The van der Waals surface area contributed by atoms with Gasteiger partial charge in [-0.15, -0.1) is 0 Å². The predicted octanol–water partition coefficient (Wildman–Crippen LogP) is 2.82. The maximum Gasteiger partial charge on any atom is 0.141 e. The zero-order valence-corrected chi connectivity index (χ0v) is 11.4. The largest absolute Gasteiger partial charge is 0.314 e. The molecule has 0 spiro atoms. The third-order valence-electron chi connectivity index (χ3n) is 2.89. The van der Waals surface area contributed by atoms with Crippen molar-refractivity contribution < 1.29 is 4.39 Å². The first-order valence-corrected chi connectivity index (χ1v) is 6.93. The van der Waals surface area contributed by atoms with E-state index >= 15 is 0 Å². The van der Waals surface area contributed by atoms with Crippen LogP contribution < -0.4 is 10.6 Å². The Kier molecular flexibility index (Phi) is 4.95. The van der Waals surface area contributed by atoms with E-state index in [9.17, 15) is 4.39 Å². The van der Waals surface area contributed by atoms with Gasteiger partial charge in [0.05, 0.1) is 4.47 Å². The molecule has 1 saturated carbocycles. The number of hydrogen-bond acceptors (Lipinski definition) is 2. The summed E-state index contributed by atoms with van der Waals surface area (Å²) in [7, 11) is 0. The Morgan fingerprint density at radius 3 is 2.88 bits per heavy atom. The van der Waals surface area contributed by atoms with Crippen LogP contribution in [0.5, 0.6) is 0 Å². The van der Waals surface area contributed by atoms with E-state index in [1.165, 1.54) is 12.8 Å². The van der Waals surface area contributed by atoms with Crippen molar-refractivity contribution >= 4 is 15.9 Å². The molecule has 0 radical (unpaired) electrons. The summed E-state index contributed by atoms with van der Waals surface area (Å²) < 4.78 is 14.1. The van der Waals surface area contributed by atoms with Crippen LogP contribution in [0.15, 0.2) is 22.7 Å². The molecule has 0 bridgehead atoms. The van der Waals surface area contributed by atoms with E-state index in [1.807, 2.05) is 12.1 Å². The summed E-state index contributed by atoms with van der Waals surface area (Å²) in [5.74, 6) is -0.156. The molecule has 0 aromatic heterocycles. The van der Waals surface area contributed by atoms with Gasteiger partial charge in [0.2, 0.25) is 0 Å². The monoisotopic (exact) mass is 300 g/mol. The van der Waals surface area contributed by atoms with Crippen LogP contribution >= 0.6 is 15.9 Å². The Morgan fingerprint density at radius 1 is 1.29 bits per heavy atom. The summed E-state index contributed by atoms with van der Waals surface area (Å²) in [6, 6.07) is 6.17. The fourth-order valence-corrected chi connectivity index (χ4v) is 2.12. The molecule has 1 aliphatic carbocycles. The molecule has 2 rings (SSSR count). The molecule has 17 heavy (non-hydrogen) atoms. The average Bonchev–Trinajstić information content (AvgIpc) is 3.12. The lowest BCUT2D eigenvalue weighted by molar-refractivity contribution is 0.564. The van der Waals surface area contributed by atoms with Gasteiger partial charge in [0, 0.05) is 18.2 Å². The Labute approximate surface area is 110 Å². The zero-order chi connectivity index (χ0) is 12.1. The molecule has 0 unspecified atom stereocenters. The summed E-state index contributed by atoms with van der Waals surface area (Å²) in [5, 5.41) is 6.72. The third-order valence-corrected chi connectivity index (χ3v) is 3.50. The molecular formula is C13H18BrFN2. The van der Waals surface area contributed by atoms with E-state index in [-0.39, 0.29) is 5.82 Å². The smallest absolute Gasteiger partial charge is 0.141 e. The molecule has 0 aliphatic heterocycles. The summed E-state index contributed by atoms with van der Waals surface area (Å²) in [4.78, 5) is 0. The van der Waals surface area contributed by atoms with Gasteiger partial charge in [-0.2, -0.15) is 0 Å². The predicted molar refractivity (Wildman–Crippen MR) is 71.4 cm³/mol. The van der Waals surface area contributed by atoms with E-state index in [0.717, 1.165) is 31.1 Å². The molecule has 1 aromatic rings. The fourth-order valence-electron chi connectivity index (χ4n) is 1.72. The number of rotatable bonds is 7. The van der Waals surface area contributed by atoms with E-state index < -0.39 is 0 Å². The number of halogens is 2. The van der Waals surface area contributed by atoms with Crippen LogP contribution in [-0.2, 0) is 6.54 Å². The molecule has 2 N–H and O–H groups in total. The minimum atomic E-state index is -0.156. The maximum atomic E-state index is 13.6. The lowest BCUT2D eigenvalue weighted by Crippen LogP contribution is -2.23. The second-order valence-corrected chi connectivity index (χ2v) is 5.33. The van der Waals surface area contributed by atoms with Crippen LogP contribution in [0.25, 0.3) is 0 Å². The lowest BCUT2D eigenvalue weighted by atomic mass is 10.2. The molecule has 1 aromatic carbocycles. The molecule has 1 fully saturated rings. The first-order valence-electron chi connectivity index (χ1n) is 6.14. The van der Waals surface area contributed by atoms with Gasteiger partial charge in [0.1, 0.15) is 5.82 Å². The Balaban J connectivity index is 1.61. The molecule has 1 aliphatic rings. The minimum absolute atomic E-state index is 0.156. The van der Waals surface area contributed by atoms with Gasteiger partial charge in [-0.05, 0) is 54.3 Å². The molecule has 4 heteroatoms. The van der Waals surface area contributed by atoms with Crippen molar-refractivity contribution in [2.75, 3.05) is 13.1 Å². The standard InChI is InChI=1S/C13H18BrFN2/c14-12-4-1-3-10(13(12)15)9-16-7-2-8-17-11-5-6-11/h1,3-4,11,16-17H,2,5-9H2. The van der Waals surface area contributed by atoms with Crippen LogP contribution in [-0.4, -0.2) is 19.1 Å². The number of nitrogens with one attached hydrogen (secondary N) is 2. The van der Waals surface area contributed by atoms with Gasteiger partial charge in [0.25, 0.3) is 0 Å². The van der Waals surface area contributed by atoms with Crippen molar-refractivity contribution in [3.8, 4) is 0 Å².